The first kappa shape index (κ1) is 7.08. The van der Waals surface area contributed by atoms with Crippen LogP contribution in [0.25, 0.3) is 0 Å². The Hall–Kier alpha value is -1.03. The highest BCUT2D eigenvalue weighted by Crippen LogP contribution is 2.02. The maximum absolute atomic E-state index is 5.23. The molecule has 1 aromatic heterocycles. The number of ether oxygens (including phenoxy) is 1. The van der Waals surface area contributed by atoms with Gasteiger partial charge in [0.1, 0.15) is 6.26 Å². The average Bonchev–Trinajstić information content (AvgIpc) is 2.31. The molecule has 0 radical (unpaired) electrons. The Bertz CT molecular complexity index is 197. The maximum atomic E-state index is 5.23. The van der Waals surface area contributed by atoms with Gasteiger partial charge in [0.25, 0.3) is 6.01 Å². The van der Waals surface area contributed by atoms with Crippen LogP contribution in [0.4, 0.5) is 6.01 Å². The lowest BCUT2D eigenvalue weighted by Gasteiger charge is -1.90. The van der Waals surface area contributed by atoms with Gasteiger partial charge in [0.2, 0.25) is 0 Å². The van der Waals surface area contributed by atoms with Crippen molar-refractivity contribution in [2.45, 2.75) is 6.42 Å². The van der Waals surface area contributed by atoms with Gasteiger partial charge in [-0.05, 0) is 0 Å². The Kier molecular flexibility index (Phi) is 2.28. The van der Waals surface area contributed by atoms with Gasteiger partial charge in [0.05, 0.1) is 12.3 Å². The molecular weight excluding hydrogens is 132 g/mol. The van der Waals surface area contributed by atoms with Crippen molar-refractivity contribution in [1.29, 1.82) is 0 Å². The predicted molar refractivity (Wildman–Crippen MR) is 36.5 cm³/mol. The van der Waals surface area contributed by atoms with Crippen LogP contribution < -0.4 is 5.73 Å². The standard InChI is InChI=1S/C6H10N2O2/c1-9-3-2-5-4-10-6(7)8-5/h4H,2-3H2,1H3,(H2,7,8). The fourth-order valence-corrected chi connectivity index (χ4v) is 0.644. The summed E-state index contributed by atoms with van der Waals surface area (Å²) in [5, 5.41) is 0. The molecule has 1 heterocycles. The molecule has 56 valence electrons. The van der Waals surface area contributed by atoms with Crippen molar-refractivity contribution in [1.82, 2.24) is 4.98 Å². The Balaban J connectivity index is 2.42. The second-order valence-corrected chi connectivity index (χ2v) is 1.92. The van der Waals surface area contributed by atoms with Crippen LogP contribution in [0.1, 0.15) is 5.69 Å². The first-order chi connectivity index (χ1) is 4.83. The molecule has 1 aromatic rings. The number of nitrogens with zero attached hydrogens (tertiary/aromatic N) is 1. The number of nitrogen functional groups attached to an aromatic ring is 1. The van der Waals surface area contributed by atoms with Crippen molar-refractivity contribution >= 4 is 6.01 Å². The summed E-state index contributed by atoms with van der Waals surface area (Å²) in [6.45, 7) is 0.645. The number of hydrogen-bond donors (Lipinski definition) is 1. The van der Waals surface area contributed by atoms with E-state index < -0.39 is 0 Å². The highest BCUT2D eigenvalue weighted by atomic mass is 16.5. The molecule has 0 aliphatic rings. The van der Waals surface area contributed by atoms with Crippen LogP contribution in [-0.4, -0.2) is 18.7 Å². The van der Waals surface area contributed by atoms with Gasteiger partial charge >= 0.3 is 0 Å². The van der Waals surface area contributed by atoms with E-state index in [9.17, 15) is 0 Å². The summed E-state index contributed by atoms with van der Waals surface area (Å²) in [6.07, 6.45) is 2.28. The number of methoxy groups -OCH3 is 1. The van der Waals surface area contributed by atoms with Crippen molar-refractivity contribution in [3.63, 3.8) is 0 Å². The number of anilines is 1. The lowest BCUT2D eigenvalue weighted by atomic mass is 10.4. The molecule has 4 heteroatoms. The van der Waals surface area contributed by atoms with E-state index in [4.69, 9.17) is 14.9 Å². The van der Waals surface area contributed by atoms with E-state index in [0.717, 1.165) is 12.1 Å². The van der Waals surface area contributed by atoms with Crippen molar-refractivity contribution in [3.8, 4) is 0 Å². The number of hydrogen-bond acceptors (Lipinski definition) is 4. The van der Waals surface area contributed by atoms with Gasteiger partial charge in [-0.3, -0.25) is 0 Å². The molecule has 4 nitrogen and oxygen atoms in total. The van der Waals surface area contributed by atoms with Gasteiger partial charge in [-0.2, -0.15) is 4.98 Å². The summed E-state index contributed by atoms with van der Waals surface area (Å²) in [7, 11) is 1.64. The van der Waals surface area contributed by atoms with Crippen LogP contribution in [0.15, 0.2) is 10.7 Å². The first-order valence-corrected chi connectivity index (χ1v) is 3.01. The minimum Gasteiger partial charge on any atom is -0.432 e. The van der Waals surface area contributed by atoms with E-state index in [-0.39, 0.29) is 6.01 Å². The Labute approximate surface area is 59.0 Å². The highest BCUT2D eigenvalue weighted by molar-refractivity contribution is 5.12. The molecule has 1 rings (SSSR count). The molecule has 0 unspecified atom stereocenters. The summed E-state index contributed by atoms with van der Waals surface area (Å²) in [5.41, 5.74) is 6.06. The van der Waals surface area contributed by atoms with Gasteiger partial charge in [-0.15, -0.1) is 0 Å². The second kappa shape index (κ2) is 3.22. The lowest BCUT2D eigenvalue weighted by Crippen LogP contribution is -1.94. The van der Waals surface area contributed by atoms with Gasteiger partial charge < -0.3 is 14.9 Å². The van der Waals surface area contributed by atoms with Crippen LogP contribution in [-0.2, 0) is 11.2 Å². The molecule has 0 atom stereocenters. The van der Waals surface area contributed by atoms with Gasteiger partial charge in [0, 0.05) is 13.5 Å². The molecule has 0 fully saturated rings. The minimum absolute atomic E-state index is 0.214. The summed E-state index contributed by atoms with van der Waals surface area (Å²) < 4.78 is 9.61. The van der Waals surface area contributed by atoms with Crippen molar-refractivity contribution in [3.05, 3.63) is 12.0 Å². The molecule has 0 aromatic carbocycles. The Morgan fingerprint density at radius 3 is 3.10 bits per heavy atom. The number of nitrogens with two attached hydrogens (primary N) is 1. The normalized spacial score (nSPS) is 10.1. The number of aromatic nitrogens is 1. The van der Waals surface area contributed by atoms with Crippen LogP contribution in [0.2, 0.25) is 0 Å². The average molecular weight is 142 g/mol. The summed E-state index contributed by atoms with van der Waals surface area (Å²) in [4.78, 5) is 3.88. The lowest BCUT2D eigenvalue weighted by molar-refractivity contribution is 0.201. The first-order valence-electron chi connectivity index (χ1n) is 3.01. The van der Waals surface area contributed by atoms with Crippen LogP contribution in [0.3, 0.4) is 0 Å². The van der Waals surface area contributed by atoms with E-state index in [2.05, 4.69) is 4.98 Å². The molecule has 0 aliphatic carbocycles. The third-order valence-corrected chi connectivity index (χ3v) is 1.13. The van der Waals surface area contributed by atoms with Gasteiger partial charge in [-0.1, -0.05) is 0 Å². The largest absolute Gasteiger partial charge is 0.432 e. The molecular formula is C6H10N2O2. The topological polar surface area (TPSA) is 61.3 Å². The van der Waals surface area contributed by atoms with E-state index in [1.165, 1.54) is 6.26 Å². The SMILES string of the molecule is COCCc1coc(N)n1. The van der Waals surface area contributed by atoms with Crippen LogP contribution in [0.5, 0.6) is 0 Å². The third kappa shape index (κ3) is 1.73. The quantitative estimate of drug-likeness (QED) is 0.665. The zero-order valence-electron chi connectivity index (χ0n) is 5.83. The fourth-order valence-electron chi connectivity index (χ4n) is 0.644. The molecule has 0 bridgehead atoms. The zero-order chi connectivity index (χ0) is 7.40. The Morgan fingerprint density at radius 2 is 2.60 bits per heavy atom. The summed E-state index contributed by atoms with van der Waals surface area (Å²) >= 11 is 0. The van der Waals surface area contributed by atoms with E-state index in [1.807, 2.05) is 0 Å². The minimum atomic E-state index is 0.214. The predicted octanol–water partition coefficient (Wildman–Crippen LogP) is 0.446. The molecule has 0 spiro atoms. The summed E-state index contributed by atoms with van der Waals surface area (Å²) in [6, 6.07) is 0.214. The van der Waals surface area contributed by atoms with E-state index >= 15 is 0 Å². The highest BCUT2D eigenvalue weighted by Gasteiger charge is 1.97. The fraction of sp³-hybridized carbons (Fsp3) is 0.500. The smallest absolute Gasteiger partial charge is 0.292 e. The molecule has 0 saturated heterocycles. The van der Waals surface area contributed by atoms with Gasteiger partial charge in [-0.25, -0.2) is 0 Å². The van der Waals surface area contributed by atoms with Crippen molar-refractivity contribution in [2.75, 3.05) is 19.5 Å². The van der Waals surface area contributed by atoms with Gasteiger partial charge in [0.15, 0.2) is 0 Å². The molecule has 2 N–H and O–H groups in total. The number of oxazole rings is 1. The summed E-state index contributed by atoms with van der Waals surface area (Å²) in [5.74, 6) is 0. The molecule has 10 heavy (non-hydrogen) atoms. The second-order valence-electron chi connectivity index (χ2n) is 1.92. The van der Waals surface area contributed by atoms with E-state index in [1.54, 1.807) is 7.11 Å². The van der Waals surface area contributed by atoms with Crippen LogP contribution in [0, 0.1) is 0 Å². The monoisotopic (exact) mass is 142 g/mol. The van der Waals surface area contributed by atoms with Crippen LogP contribution >= 0.6 is 0 Å². The molecule has 0 amide bonds. The molecule has 0 aliphatic heterocycles. The van der Waals surface area contributed by atoms with E-state index in [0.29, 0.717) is 6.61 Å². The molecule has 0 saturated carbocycles. The van der Waals surface area contributed by atoms with Crippen molar-refractivity contribution in [2.24, 2.45) is 0 Å². The third-order valence-electron chi connectivity index (χ3n) is 1.13. The maximum Gasteiger partial charge on any atom is 0.292 e. The van der Waals surface area contributed by atoms with Crippen molar-refractivity contribution < 1.29 is 9.15 Å². The number of rotatable bonds is 3. The zero-order valence-corrected chi connectivity index (χ0v) is 5.83. The Morgan fingerprint density at radius 1 is 1.80 bits per heavy atom.